The predicted molar refractivity (Wildman–Crippen MR) is 68.4 cm³/mol. The van der Waals surface area contributed by atoms with Crippen LogP contribution in [0, 0.1) is 0 Å². The van der Waals surface area contributed by atoms with Crippen LogP contribution in [0.1, 0.15) is 38.2 Å². The van der Waals surface area contributed by atoms with Crippen LogP contribution in [0.4, 0.5) is 0 Å². The summed E-state index contributed by atoms with van der Waals surface area (Å²) < 4.78 is 1.69. The Bertz CT molecular complexity index is 491. The van der Waals surface area contributed by atoms with Crippen LogP contribution in [0.25, 0.3) is 5.69 Å². The second-order valence-corrected chi connectivity index (χ2v) is 4.34. The Labute approximate surface area is 106 Å². The molecule has 0 radical (unpaired) electrons. The lowest BCUT2D eigenvalue weighted by Crippen LogP contribution is -2.17. The highest BCUT2D eigenvalue weighted by Crippen LogP contribution is 2.14. The van der Waals surface area contributed by atoms with Gasteiger partial charge in [-0.1, -0.05) is 20.8 Å². The lowest BCUT2D eigenvalue weighted by molar-refractivity contribution is 0.673. The zero-order valence-electron chi connectivity index (χ0n) is 11.0. The first-order chi connectivity index (χ1) is 8.72. The molecule has 0 atom stereocenters. The average molecular weight is 246 g/mol. The molecule has 18 heavy (non-hydrogen) atoms. The van der Waals surface area contributed by atoms with Crippen LogP contribution >= 0.6 is 0 Å². The van der Waals surface area contributed by atoms with Crippen molar-refractivity contribution in [3.63, 3.8) is 0 Å². The molecular formula is C12H18N6. The summed E-state index contributed by atoms with van der Waals surface area (Å²) in [5.74, 6) is 1.17. The van der Waals surface area contributed by atoms with E-state index in [0.717, 1.165) is 23.8 Å². The van der Waals surface area contributed by atoms with Gasteiger partial charge < -0.3 is 5.32 Å². The largest absolute Gasteiger partial charge is 0.311 e. The molecular weight excluding hydrogens is 228 g/mol. The molecule has 2 heterocycles. The van der Waals surface area contributed by atoms with Gasteiger partial charge in [0, 0.05) is 12.5 Å². The molecule has 0 unspecified atom stereocenters. The summed E-state index contributed by atoms with van der Waals surface area (Å²) in [6, 6.07) is 0. The highest BCUT2D eigenvalue weighted by molar-refractivity contribution is 5.33. The Morgan fingerprint density at radius 3 is 2.83 bits per heavy atom. The Morgan fingerprint density at radius 2 is 2.22 bits per heavy atom. The number of nitrogens with one attached hydrogen (secondary N) is 1. The highest BCUT2D eigenvalue weighted by Gasteiger charge is 2.11. The van der Waals surface area contributed by atoms with E-state index in [1.165, 1.54) is 6.33 Å². The minimum atomic E-state index is 0.315. The fraction of sp³-hybridized carbons (Fsp3) is 0.500. The summed E-state index contributed by atoms with van der Waals surface area (Å²) in [5, 5.41) is 7.41. The Kier molecular flexibility index (Phi) is 3.99. The zero-order valence-corrected chi connectivity index (χ0v) is 11.0. The minimum absolute atomic E-state index is 0.315. The van der Waals surface area contributed by atoms with Crippen molar-refractivity contribution in [3.05, 3.63) is 30.4 Å². The van der Waals surface area contributed by atoms with Gasteiger partial charge in [-0.15, -0.1) is 0 Å². The van der Waals surface area contributed by atoms with Crippen molar-refractivity contribution in [1.82, 2.24) is 30.0 Å². The third-order valence-electron chi connectivity index (χ3n) is 2.59. The topological polar surface area (TPSA) is 68.5 Å². The van der Waals surface area contributed by atoms with Crippen molar-refractivity contribution < 1.29 is 0 Å². The van der Waals surface area contributed by atoms with Gasteiger partial charge in [-0.25, -0.2) is 19.6 Å². The van der Waals surface area contributed by atoms with E-state index in [2.05, 4.69) is 46.1 Å². The number of hydrogen-bond donors (Lipinski definition) is 1. The lowest BCUT2D eigenvalue weighted by atomic mass is 10.2. The van der Waals surface area contributed by atoms with Gasteiger partial charge in [0.15, 0.2) is 0 Å². The van der Waals surface area contributed by atoms with Gasteiger partial charge in [-0.3, -0.25) is 0 Å². The molecule has 2 rings (SSSR count). The van der Waals surface area contributed by atoms with Gasteiger partial charge in [0.25, 0.3) is 0 Å². The fourth-order valence-corrected chi connectivity index (χ4v) is 1.60. The van der Waals surface area contributed by atoms with Crippen molar-refractivity contribution in [2.24, 2.45) is 0 Å². The van der Waals surface area contributed by atoms with E-state index in [-0.39, 0.29) is 0 Å². The van der Waals surface area contributed by atoms with Crippen molar-refractivity contribution in [3.8, 4) is 5.69 Å². The van der Waals surface area contributed by atoms with Crippen LogP contribution in [0.3, 0.4) is 0 Å². The Hall–Kier alpha value is -1.82. The first-order valence-electron chi connectivity index (χ1n) is 6.14. The molecule has 6 heteroatoms. The minimum Gasteiger partial charge on any atom is -0.311 e. The number of rotatable bonds is 5. The monoisotopic (exact) mass is 246 g/mol. The molecule has 0 saturated heterocycles. The molecule has 0 bridgehead atoms. The third kappa shape index (κ3) is 2.70. The number of nitrogens with zero attached hydrogens (tertiary/aromatic N) is 5. The first kappa shape index (κ1) is 12.6. The molecule has 6 nitrogen and oxygen atoms in total. The summed E-state index contributed by atoms with van der Waals surface area (Å²) in [7, 11) is 0. The van der Waals surface area contributed by atoms with Crippen molar-refractivity contribution in [2.45, 2.75) is 33.2 Å². The molecule has 2 aromatic heterocycles. The Morgan fingerprint density at radius 1 is 1.39 bits per heavy atom. The van der Waals surface area contributed by atoms with Crippen LogP contribution in [0.5, 0.6) is 0 Å². The van der Waals surface area contributed by atoms with Crippen LogP contribution in [0.15, 0.2) is 18.9 Å². The van der Waals surface area contributed by atoms with Crippen molar-refractivity contribution >= 4 is 0 Å². The standard InChI is InChI=1S/C12H18N6/c1-4-13-5-10-11(18-8-14-7-16-18)6-15-12(17-10)9(2)3/h6-9,13H,4-5H2,1-3H3. The molecule has 0 aromatic carbocycles. The molecule has 0 spiro atoms. The van der Waals surface area contributed by atoms with Crippen LogP contribution in [0.2, 0.25) is 0 Å². The molecule has 0 amide bonds. The molecule has 2 aromatic rings. The quantitative estimate of drug-likeness (QED) is 0.861. The molecule has 96 valence electrons. The van der Waals surface area contributed by atoms with Crippen molar-refractivity contribution in [1.29, 1.82) is 0 Å². The van der Waals surface area contributed by atoms with E-state index in [9.17, 15) is 0 Å². The summed E-state index contributed by atoms with van der Waals surface area (Å²) in [6.45, 7) is 7.84. The summed E-state index contributed by atoms with van der Waals surface area (Å²) in [4.78, 5) is 12.9. The number of aromatic nitrogens is 5. The van der Waals surface area contributed by atoms with Crippen LogP contribution < -0.4 is 5.32 Å². The summed E-state index contributed by atoms with van der Waals surface area (Å²) >= 11 is 0. The van der Waals surface area contributed by atoms with Gasteiger partial charge in [-0.2, -0.15) is 5.10 Å². The maximum absolute atomic E-state index is 4.60. The maximum Gasteiger partial charge on any atom is 0.138 e. The predicted octanol–water partition coefficient (Wildman–Crippen LogP) is 1.29. The van der Waals surface area contributed by atoms with E-state index in [1.807, 2.05) is 6.20 Å². The van der Waals surface area contributed by atoms with Gasteiger partial charge in [0.05, 0.1) is 11.9 Å². The average Bonchev–Trinajstić information content (AvgIpc) is 2.89. The van der Waals surface area contributed by atoms with E-state index >= 15 is 0 Å². The fourth-order valence-electron chi connectivity index (χ4n) is 1.60. The van der Waals surface area contributed by atoms with Crippen LogP contribution in [-0.2, 0) is 6.54 Å². The molecule has 1 N–H and O–H groups in total. The molecule has 0 aliphatic carbocycles. The first-order valence-corrected chi connectivity index (χ1v) is 6.14. The van der Waals surface area contributed by atoms with E-state index < -0.39 is 0 Å². The smallest absolute Gasteiger partial charge is 0.138 e. The SMILES string of the molecule is CCNCc1nc(C(C)C)ncc1-n1cncn1. The van der Waals surface area contributed by atoms with E-state index in [1.54, 1.807) is 11.0 Å². The summed E-state index contributed by atoms with van der Waals surface area (Å²) in [5.41, 5.74) is 1.82. The highest BCUT2D eigenvalue weighted by atomic mass is 15.3. The molecule has 0 aliphatic rings. The van der Waals surface area contributed by atoms with Gasteiger partial charge in [0.1, 0.15) is 24.2 Å². The van der Waals surface area contributed by atoms with Gasteiger partial charge >= 0.3 is 0 Å². The van der Waals surface area contributed by atoms with Crippen molar-refractivity contribution in [2.75, 3.05) is 6.54 Å². The van der Waals surface area contributed by atoms with Gasteiger partial charge in [0.2, 0.25) is 0 Å². The Balaban J connectivity index is 2.38. The van der Waals surface area contributed by atoms with E-state index in [4.69, 9.17) is 0 Å². The van der Waals surface area contributed by atoms with Gasteiger partial charge in [-0.05, 0) is 6.54 Å². The number of hydrogen-bond acceptors (Lipinski definition) is 5. The lowest BCUT2D eigenvalue weighted by Gasteiger charge is -2.11. The maximum atomic E-state index is 4.60. The second kappa shape index (κ2) is 5.68. The zero-order chi connectivity index (χ0) is 13.0. The summed E-state index contributed by atoms with van der Waals surface area (Å²) in [6.07, 6.45) is 4.97. The second-order valence-electron chi connectivity index (χ2n) is 4.34. The van der Waals surface area contributed by atoms with E-state index in [0.29, 0.717) is 12.5 Å². The normalized spacial score (nSPS) is 11.1. The molecule has 0 saturated carbocycles. The molecule has 0 fully saturated rings. The van der Waals surface area contributed by atoms with Crippen LogP contribution in [-0.4, -0.2) is 31.3 Å². The third-order valence-corrected chi connectivity index (χ3v) is 2.59. The molecule has 0 aliphatic heterocycles.